The summed E-state index contributed by atoms with van der Waals surface area (Å²) in [6, 6.07) is 5.53. The third-order valence-electron chi connectivity index (χ3n) is 3.95. The summed E-state index contributed by atoms with van der Waals surface area (Å²) < 4.78 is 64.9. The Bertz CT molecular complexity index is 954. The molecule has 182 valence electrons. The lowest BCUT2D eigenvalue weighted by molar-refractivity contribution is -0.140. The molecule has 0 spiro atoms. The average molecular weight is 518 g/mol. The van der Waals surface area contributed by atoms with Gasteiger partial charge in [0.1, 0.15) is 0 Å². The molecular formula is C18H20B2F4N4O4S2. The summed E-state index contributed by atoms with van der Waals surface area (Å²) in [7, 11) is -5.81. The van der Waals surface area contributed by atoms with Crippen molar-refractivity contribution in [3.05, 3.63) is 35.7 Å². The summed E-state index contributed by atoms with van der Waals surface area (Å²) >= 11 is 1.77. The van der Waals surface area contributed by atoms with E-state index in [9.17, 15) is 26.9 Å². The maximum absolute atomic E-state index is 13.5. The Morgan fingerprint density at radius 3 is 1.53 bits per heavy atom. The molecule has 0 amide bonds. The number of hydrogen-bond acceptors (Lipinski definition) is 8. The molecule has 8 nitrogen and oxygen atoms in total. The number of halogens is 4. The molecule has 0 aliphatic rings. The maximum atomic E-state index is 13.5. The summed E-state index contributed by atoms with van der Waals surface area (Å²) in [6.45, 7) is 3.65. The fourth-order valence-electron chi connectivity index (χ4n) is 2.61. The predicted octanol–water partition coefficient (Wildman–Crippen LogP) is 3.60. The highest BCUT2D eigenvalue weighted by atomic mass is 32.2. The predicted molar refractivity (Wildman–Crippen MR) is 126 cm³/mol. The topological polar surface area (TPSA) is 87.2 Å². The third kappa shape index (κ3) is 8.01. The first-order valence-corrected chi connectivity index (χ1v) is 11.9. The van der Waals surface area contributed by atoms with Crippen LogP contribution in [0, 0.1) is 0 Å². The number of hydrogen-bond donors (Lipinski definition) is 0. The lowest BCUT2D eigenvalue weighted by Crippen LogP contribution is -2.18. The van der Waals surface area contributed by atoms with Crippen molar-refractivity contribution in [3.8, 4) is 0 Å². The monoisotopic (exact) mass is 518 g/mol. The van der Waals surface area contributed by atoms with E-state index in [0.29, 0.717) is 8.96 Å². The molecule has 0 aliphatic carbocycles. The van der Waals surface area contributed by atoms with Gasteiger partial charge in [-0.05, 0) is 38.1 Å². The SMILES string of the molecule is CCOC(=O)CSc1ccc(/C=N/N=C/c2ccc(SCC(=O)OCC)n2B(F)F)n1B(F)F. The fraction of sp³-hybridized carbons (Fsp3) is 0.333. The van der Waals surface area contributed by atoms with Crippen LogP contribution in [0.15, 0.2) is 44.5 Å². The van der Waals surface area contributed by atoms with Gasteiger partial charge in [-0.2, -0.15) is 10.2 Å². The molecule has 0 bridgehead atoms. The zero-order chi connectivity index (χ0) is 25.1. The number of ether oxygens (including phenoxy) is 2. The van der Waals surface area contributed by atoms with Gasteiger partial charge in [-0.3, -0.25) is 26.9 Å². The molecule has 2 aromatic rings. The Labute approximate surface area is 202 Å². The maximum Gasteiger partial charge on any atom is 0.678 e. The Morgan fingerprint density at radius 2 is 1.21 bits per heavy atom. The Balaban J connectivity index is 2.11. The number of aromatic nitrogens is 2. The first kappa shape index (κ1) is 27.6. The van der Waals surface area contributed by atoms with Crippen molar-refractivity contribution in [2.45, 2.75) is 23.9 Å². The number of carbonyl (C=O) groups excluding carboxylic acids is 2. The third-order valence-corrected chi connectivity index (χ3v) is 5.97. The number of rotatable bonds is 13. The van der Waals surface area contributed by atoms with Crippen LogP contribution in [0.1, 0.15) is 25.2 Å². The van der Waals surface area contributed by atoms with Gasteiger partial charge in [-0.1, -0.05) is 23.5 Å². The van der Waals surface area contributed by atoms with Crippen molar-refractivity contribution in [3.63, 3.8) is 0 Å². The minimum Gasteiger partial charge on any atom is -0.465 e. The molecule has 2 rings (SSSR count). The van der Waals surface area contributed by atoms with Crippen LogP contribution in [0.4, 0.5) is 17.3 Å². The molecule has 0 saturated heterocycles. The lowest BCUT2D eigenvalue weighted by atomic mass is 10.2. The molecule has 16 heteroatoms. The van der Waals surface area contributed by atoms with E-state index in [1.165, 1.54) is 24.3 Å². The summed E-state index contributed by atoms with van der Waals surface area (Å²) in [6.07, 6.45) is 2.09. The number of carbonyl (C=O) groups is 2. The van der Waals surface area contributed by atoms with E-state index in [2.05, 4.69) is 10.2 Å². The van der Waals surface area contributed by atoms with Gasteiger partial charge in [0.25, 0.3) is 0 Å². The Hall–Kier alpha value is -2.61. The van der Waals surface area contributed by atoms with Gasteiger partial charge in [0.15, 0.2) is 0 Å². The van der Waals surface area contributed by atoms with Crippen LogP contribution in [0.5, 0.6) is 0 Å². The van der Waals surface area contributed by atoms with Gasteiger partial charge in [0, 0.05) is 0 Å². The summed E-state index contributed by atoms with van der Waals surface area (Å²) in [5, 5.41) is 7.61. The molecule has 0 unspecified atom stereocenters. The van der Waals surface area contributed by atoms with Crippen LogP contribution in [-0.2, 0) is 19.1 Å². The van der Waals surface area contributed by atoms with E-state index >= 15 is 0 Å². The van der Waals surface area contributed by atoms with E-state index in [0.717, 1.165) is 36.0 Å². The highest BCUT2D eigenvalue weighted by Crippen LogP contribution is 2.24. The van der Waals surface area contributed by atoms with Crippen LogP contribution in [0.2, 0.25) is 0 Å². The van der Waals surface area contributed by atoms with Crippen molar-refractivity contribution in [1.82, 2.24) is 8.96 Å². The molecule has 0 fully saturated rings. The van der Waals surface area contributed by atoms with Crippen LogP contribution in [0.3, 0.4) is 0 Å². The van der Waals surface area contributed by atoms with Gasteiger partial charge in [-0.25, -0.2) is 0 Å². The molecule has 2 heterocycles. The molecule has 0 N–H and O–H groups in total. The molecule has 0 atom stereocenters. The molecule has 0 radical (unpaired) electrons. The van der Waals surface area contributed by atoms with Crippen molar-refractivity contribution in [2.75, 3.05) is 24.7 Å². The zero-order valence-electron chi connectivity index (χ0n) is 18.2. The van der Waals surface area contributed by atoms with Crippen molar-refractivity contribution in [2.24, 2.45) is 10.2 Å². The second-order valence-electron chi connectivity index (χ2n) is 6.16. The first-order chi connectivity index (χ1) is 16.3. The van der Waals surface area contributed by atoms with Gasteiger partial charge in [0.05, 0.1) is 58.6 Å². The highest BCUT2D eigenvalue weighted by molar-refractivity contribution is 8.00. The lowest BCUT2D eigenvalue weighted by Gasteiger charge is -2.07. The van der Waals surface area contributed by atoms with E-state index < -0.39 is 26.7 Å². The van der Waals surface area contributed by atoms with E-state index in [1.54, 1.807) is 13.8 Å². The van der Waals surface area contributed by atoms with Crippen LogP contribution >= 0.6 is 23.5 Å². The average Bonchev–Trinajstić information content (AvgIpc) is 3.38. The molecule has 2 aromatic heterocycles. The second kappa shape index (κ2) is 13.9. The summed E-state index contributed by atoms with van der Waals surface area (Å²) in [4.78, 5) is 22.9. The smallest absolute Gasteiger partial charge is 0.465 e. The van der Waals surface area contributed by atoms with Gasteiger partial charge in [-0.15, -0.1) is 0 Å². The molecular weight excluding hydrogens is 498 g/mol. The van der Waals surface area contributed by atoms with Crippen molar-refractivity contribution < 1.29 is 36.3 Å². The second-order valence-corrected chi connectivity index (χ2v) is 8.16. The van der Waals surface area contributed by atoms with Gasteiger partial charge >= 0.3 is 26.7 Å². The quantitative estimate of drug-likeness (QED) is 0.101. The van der Waals surface area contributed by atoms with Gasteiger partial charge in [0.2, 0.25) is 0 Å². The number of nitrogens with zero attached hydrogens (tertiary/aromatic N) is 4. The molecule has 0 aliphatic heterocycles. The first-order valence-electron chi connectivity index (χ1n) is 9.90. The van der Waals surface area contributed by atoms with E-state index in [-0.39, 0.29) is 46.2 Å². The summed E-state index contributed by atoms with van der Waals surface area (Å²) in [5.74, 6) is -1.34. The van der Waals surface area contributed by atoms with Crippen LogP contribution in [0.25, 0.3) is 0 Å². The molecule has 0 saturated carbocycles. The van der Waals surface area contributed by atoms with Gasteiger partial charge < -0.3 is 18.4 Å². The van der Waals surface area contributed by atoms with E-state index in [1.807, 2.05) is 0 Å². The highest BCUT2D eigenvalue weighted by Gasteiger charge is 2.25. The normalized spacial score (nSPS) is 11.4. The number of esters is 2. The van der Waals surface area contributed by atoms with Crippen molar-refractivity contribution >= 4 is 62.7 Å². The summed E-state index contributed by atoms with van der Waals surface area (Å²) in [5.41, 5.74) is 0.0156. The standard InChI is InChI=1S/C18H20B2F4N4O4S2/c1-3-31-17(29)11-33-15-7-5-13(27(15)19(21)22)9-25-26-10-14-6-8-16(28(14)20(23)24)34-12-18(30)32-4-2/h5-10H,3-4,11-12H2,1-2H3/b25-9+,26-10+. The van der Waals surface area contributed by atoms with E-state index in [4.69, 9.17) is 9.47 Å². The number of thioether (sulfide) groups is 2. The zero-order valence-corrected chi connectivity index (χ0v) is 19.8. The minimum absolute atomic E-state index is 0.00781. The molecule has 34 heavy (non-hydrogen) atoms. The van der Waals surface area contributed by atoms with Crippen LogP contribution in [-0.4, -0.2) is 72.8 Å². The Morgan fingerprint density at radius 1 is 0.824 bits per heavy atom. The van der Waals surface area contributed by atoms with Crippen LogP contribution < -0.4 is 0 Å². The largest absolute Gasteiger partial charge is 0.678 e. The molecule has 0 aromatic carbocycles. The van der Waals surface area contributed by atoms with Crippen molar-refractivity contribution in [1.29, 1.82) is 0 Å². The Kier molecular flexibility index (Phi) is 11.3. The minimum atomic E-state index is -2.90. The fourth-order valence-corrected chi connectivity index (χ4v) is 4.28.